The van der Waals surface area contributed by atoms with E-state index in [0.717, 1.165) is 17.8 Å². The van der Waals surface area contributed by atoms with Gasteiger partial charge < -0.3 is 11.5 Å². The van der Waals surface area contributed by atoms with Crippen molar-refractivity contribution in [3.8, 4) is 0 Å². The molecule has 0 saturated heterocycles. The van der Waals surface area contributed by atoms with Crippen molar-refractivity contribution in [2.75, 3.05) is 5.73 Å². The summed E-state index contributed by atoms with van der Waals surface area (Å²) in [6.45, 7) is 13.9. The first-order valence-corrected chi connectivity index (χ1v) is 8.02. The molecule has 1 aromatic rings. The molecule has 0 bridgehead atoms. The SMILES string of the molecule is CC(C)(C)C1(C(C)(C)C)CC(N)=CC=C1c1ccc(N)cc1. The Morgan fingerprint density at radius 3 is 1.77 bits per heavy atom. The fourth-order valence-electron chi connectivity index (χ4n) is 4.26. The van der Waals surface area contributed by atoms with E-state index in [1.54, 1.807) is 0 Å². The third-order valence-corrected chi connectivity index (χ3v) is 5.18. The van der Waals surface area contributed by atoms with Crippen LogP contribution in [0.5, 0.6) is 0 Å². The van der Waals surface area contributed by atoms with Crippen LogP contribution in [-0.4, -0.2) is 0 Å². The first-order chi connectivity index (χ1) is 9.99. The van der Waals surface area contributed by atoms with Crippen LogP contribution in [0.1, 0.15) is 53.5 Å². The number of rotatable bonds is 1. The molecule has 0 atom stereocenters. The van der Waals surface area contributed by atoms with Gasteiger partial charge in [-0.15, -0.1) is 0 Å². The maximum Gasteiger partial charge on any atom is 0.0314 e. The van der Waals surface area contributed by atoms with Gasteiger partial charge in [0.05, 0.1) is 0 Å². The van der Waals surface area contributed by atoms with E-state index in [2.05, 4.69) is 65.8 Å². The minimum Gasteiger partial charge on any atom is -0.402 e. The number of nitrogen functional groups attached to an aromatic ring is 1. The number of hydrogen-bond acceptors (Lipinski definition) is 2. The second-order valence-electron chi connectivity index (χ2n) is 8.53. The zero-order chi connectivity index (χ0) is 16.8. The Morgan fingerprint density at radius 2 is 1.32 bits per heavy atom. The van der Waals surface area contributed by atoms with Gasteiger partial charge in [-0.2, -0.15) is 0 Å². The molecule has 2 nitrogen and oxygen atoms in total. The van der Waals surface area contributed by atoms with Gasteiger partial charge in [0.1, 0.15) is 0 Å². The van der Waals surface area contributed by atoms with Crippen LogP contribution in [0.25, 0.3) is 5.57 Å². The summed E-state index contributed by atoms with van der Waals surface area (Å²) in [5.41, 5.74) is 16.6. The topological polar surface area (TPSA) is 52.0 Å². The van der Waals surface area contributed by atoms with E-state index in [0.29, 0.717) is 0 Å². The Kier molecular flexibility index (Phi) is 3.93. The Balaban J connectivity index is 2.73. The monoisotopic (exact) mass is 298 g/mol. The first kappa shape index (κ1) is 16.7. The Bertz CT molecular complexity index is 591. The van der Waals surface area contributed by atoms with E-state index in [4.69, 9.17) is 11.5 Å². The van der Waals surface area contributed by atoms with Crippen LogP contribution < -0.4 is 11.5 Å². The Hall–Kier alpha value is -1.70. The minimum absolute atomic E-state index is 0.0328. The highest BCUT2D eigenvalue weighted by molar-refractivity contribution is 5.76. The highest BCUT2D eigenvalue weighted by Gasteiger charge is 2.53. The van der Waals surface area contributed by atoms with Crippen LogP contribution >= 0.6 is 0 Å². The highest BCUT2D eigenvalue weighted by Crippen LogP contribution is 2.63. The normalized spacial score (nSPS) is 18.6. The summed E-state index contributed by atoms with van der Waals surface area (Å²) in [5, 5.41) is 0. The molecular formula is C20H30N2. The lowest BCUT2D eigenvalue weighted by molar-refractivity contribution is 0.0270. The van der Waals surface area contributed by atoms with Crippen LogP contribution in [0.4, 0.5) is 5.69 Å². The van der Waals surface area contributed by atoms with Crippen molar-refractivity contribution in [2.45, 2.75) is 48.0 Å². The average Bonchev–Trinajstić information content (AvgIpc) is 2.37. The molecule has 22 heavy (non-hydrogen) atoms. The number of benzene rings is 1. The van der Waals surface area contributed by atoms with Gasteiger partial charge in [0, 0.05) is 16.8 Å². The van der Waals surface area contributed by atoms with Crippen molar-refractivity contribution < 1.29 is 0 Å². The van der Waals surface area contributed by atoms with Crippen LogP contribution in [-0.2, 0) is 0 Å². The lowest BCUT2D eigenvalue weighted by Crippen LogP contribution is -2.48. The maximum absolute atomic E-state index is 6.26. The van der Waals surface area contributed by atoms with Gasteiger partial charge in [-0.25, -0.2) is 0 Å². The van der Waals surface area contributed by atoms with Crippen LogP contribution in [0.15, 0.2) is 42.1 Å². The van der Waals surface area contributed by atoms with E-state index in [1.165, 1.54) is 11.1 Å². The number of hydrogen-bond donors (Lipinski definition) is 2. The number of allylic oxidation sites excluding steroid dienone is 4. The fraction of sp³-hybridized carbons (Fsp3) is 0.500. The lowest BCUT2D eigenvalue weighted by Gasteiger charge is -2.56. The van der Waals surface area contributed by atoms with Crippen LogP contribution in [0.2, 0.25) is 0 Å². The minimum atomic E-state index is -0.0328. The van der Waals surface area contributed by atoms with Gasteiger partial charge >= 0.3 is 0 Å². The van der Waals surface area contributed by atoms with Gasteiger partial charge in [0.15, 0.2) is 0 Å². The van der Waals surface area contributed by atoms with Crippen LogP contribution in [0.3, 0.4) is 0 Å². The van der Waals surface area contributed by atoms with Crippen LogP contribution in [0, 0.1) is 16.2 Å². The molecule has 0 amide bonds. The van der Waals surface area contributed by atoms with Gasteiger partial charge in [-0.3, -0.25) is 0 Å². The average molecular weight is 298 g/mol. The predicted octanol–water partition coefficient (Wildman–Crippen LogP) is 4.98. The van der Waals surface area contributed by atoms with Gasteiger partial charge in [0.25, 0.3) is 0 Å². The quantitative estimate of drug-likeness (QED) is 0.719. The summed E-state index contributed by atoms with van der Waals surface area (Å²) in [6, 6.07) is 8.22. The summed E-state index contributed by atoms with van der Waals surface area (Å²) in [6.07, 6.45) is 5.15. The summed E-state index contributed by atoms with van der Waals surface area (Å²) in [5.74, 6) is 0. The summed E-state index contributed by atoms with van der Waals surface area (Å²) in [4.78, 5) is 0. The summed E-state index contributed by atoms with van der Waals surface area (Å²) >= 11 is 0. The van der Waals surface area contributed by atoms with Crippen molar-refractivity contribution in [3.63, 3.8) is 0 Å². The molecule has 0 heterocycles. The molecule has 2 heteroatoms. The molecule has 1 aliphatic rings. The van der Waals surface area contributed by atoms with Gasteiger partial charge in [-0.05, 0) is 46.6 Å². The molecule has 2 rings (SSSR count). The van der Waals surface area contributed by atoms with Crippen molar-refractivity contribution in [2.24, 2.45) is 22.0 Å². The smallest absolute Gasteiger partial charge is 0.0314 e. The summed E-state index contributed by atoms with van der Waals surface area (Å²) < 4.78 is 0. The van der Waals surface area contributed by atoms with E-state index >= 15 is 0 Å². The Morgan fingerprint density at radius 1 is 0.818 bits per heavy atom. The molecule has 0 aliphatic heterocycles. The van der Waals surface area contributed by atoms with Gasteiger partial charge in [-0.1, -0.05) is 59.8 Å². The number of nitrogens with two attached hydrogens (primary N) is 2. The zero-order valence-electron chi connectivity index (χ0n) is 14.8. The lowest BCUT2D eigenvalue weighted by atomic mass is 9.47. The predicted molar refractivity (Wildman–Crippen MR) is 97.1 cm³/mol. The molecule has 0 saturated carbocycles. The van der Waals surface area contributed by atoms with E-state index < -0.39 is 0 Å². The van der Waals surface area contributed by atoms with E-state index in [9.17, 15) is 0 Å². The zero-order valence-corrected chi connectivity index (χ0v) is 14.8. The molecule has 0 spiro atoms. The van der Waals surface area contributed by atoms with Gasteiger partial charge in [0.2, 0.25) is 0 Å². The molecule has 1 aromatic carbocycles. The van der Waals surface area contributed by atoms with Crippen molar-refractivity contribution in [1.29, 1.82) is 0 Å². The van der Waals surface area contributed by atoms with Crippen molar-refractivity contribution in [1.82, 2.24) is 0 Å². The fourth-order valence-corrected chi connectivity index (χ4v) is 4.26. The molecule has 0 fully saturated rings. The Labute approximate surface area is 135 Å². The second-order valence-corrected chi connectivity index (χ2v) is 8.53. The third kappa shape index (κ3) is 2.55. The van der Waals surface area contributed by atoms with Crippen molar-refractivity contribution >= 4 is 11.3 Å². The van der Waals surface area contributed by atoms with E-state index in [-0.39, 0.29) is 16.2 Å². The van der Waals surface area contributed by atoms with E-state index in [1.807, 2.05) is 12.1 Å². The second kappa shape index (κ2) is 5.19. The first-order valence-electron chi connectivity index (χ1n) is 8.02. The number of anilines is 1. The molecule has 1 aliphatic carbocycles. The van der Waals surface area contributed by atoms with Crippen molar-refractivity contribution in [3.05, 3.63) is 47.7 Å². The molecule has 120 valence electrons. The molecular weight excluding hydrogens is 268 g/mol. The largest absolute Gasteiger partial charge is 0.402 e. The standard InChI is InChI=1S/C20H30N2/c1-18(2,3)20(19(4,5)6)13-16(22)11-12-17(20)14-7-9-15(21)10-8-14/h7-12H,13,21-22H2,1-6H3. The maximum atomic E-state index is 6.26. The molecule has 0 radical (unpaired) electrons. The molecule has 0 aromatic heterocycles. The summed E-state index contributed by atoms with van der Waals surface area (Å²) in [7, 11) is 0. The molecule has 4 N–H and O–H groups in total. The molecule has 0 unspecified atom stereocenters. The highest BCUT2D eigenvalue weighted by atomic mass is 14.7. The third-order valence-electron chi connectivity index (χ3n) is 5.18.